The lowest BCUT2D eigenvalue weighted by molar-refractivity contribution is 1.02. The summed E-state index contributed by atoms with van der Waals surface area (Å²) in [5, 5.41) is 1.09. The Bertz CT molecular complexity index is 418. The van der Waals surface area contributed by atoms with E-state index in [0.717, 1.165) is 28.7 Å². The van der Waals surface area contributed by atoms with Crippen LogP contribution in [0, 0.1) is 0 Å². The summed E-state index contributed by atoms with van der Waals surface area (Å²) in [6, 6.07) is 0. The molecule has 0 aliphatic carbocycles. The van der Waals surface area contributed by atoms with Crippen LogP contribution in [0.1, 0.15) is 18.2 Å². The predicted molar refractivity (Wildman–Crippen MR) is 51.2 cm³/mol. The van der Waals surface area contributed by atoms with Gasteiger partial charge in [0.2, 0.25) is 0 Å². The van der Waals surface area contributed by atoms with Gasteiger partial charge in [0.05, 0.1) is 5.69 Å². The molecule has 0 aliphatic rings. The number of nitrogens with two attached hydrogens (primary N) is 1. The van der Waals surface area contributed by atoms with E-state index in [1.165, 1.54) is 0 Å². The van der Waals surface area contributed by atoms with Crippen molar-refractivity contribution in [3.63, 3.8) is 0 Å². The van der Waals surface area contributed by atoms with Gasteiger partial charge in [-0.3, -0.25) is 0 Å². The average Bonchev–Trinajstić information content (AvgIpc) is 2.60. The molecule has 0 spiro atoms. The highest BCUT2D eigenvalue weighted by atomic mass is 14.9. The first-order valence-electron chi connectivity index (χ1n) is 4.36. The highest BCUT2D eigenvalue weighted by molar-refractivity contribution is 5.81. The van der Waals surface area contributed by atoms with Crippen molar-refractivity contribution in [2.24, 2.45) is 5.73 Å². The number of rotatable bonds is 2. The molecule has 0 amide bonds. The first-order chi connectivity index (χ1) is 6.36. The van der Waals surface area contributed by atoms with Crippen LogP contribution in [0.15, 0.2) is 12.5 Å². The molecular weight excluding hydrogens is 164 g/mol. The number of hydrogen-bond donors (Lipinski definition) is 2. The van der Waals surface area contributed by atoms with Crippen molar-refractivity contribution in [2.45, 2.75) is 19.9 Å². The quantitative estimate of drug-likeness (QED) is 0.716. The third-order valence-corrected chi connectivity index (χ3v) is 2.18. The minimum Gasteiger partial charge on any atom is -0.346 e. The van der Waals surface area contributed by atoms with Gasteiger partial charge in [0.1, 0.15) is 12.0 Å². The van der Waals surface area contributed by atoms with Crippen molar-refractivity contribution < 1.29 is 0 Å². The van der Waals surface area contributed by atoms with Gasteiger partial charge in [-0.15, -0.1) is 0 Å². The number of nitrogens with one attached hydrogen (secondary N) is 1. The summed E-state index contributed by atoms with van der Waals surface area (Å²) >= 11 is 0. The van der Waals surface area contributed by atoms with E-state index in [1.54, 1.807) is 6.33 Å². The van der Waals surface area contributed by atoms with Crippen molar-refractivity contribution in [3.8, 4) is 0 Å². The van der Waals surface area contributed by atoms with Crippen LogP contribution in [-0.2, 0) is 13.0 Å². The average molecular weight is 176 g/mol. The van der Waals surface area contributed by atoms with Gasteiger partial charge >= 0.3 is 0 Å². The summed E-state index contributed by atoms with van der Waals surface area (Å²) < 4.78 is 0. The summed E-state index contributed by atoms with van der Waals surface area (Å²) in [5.41, 5.74) is 8.64. The number of nitrogens with zero attached hydrogens (tertiary/aromatic N) is 2. The molecule has 4 nitrogen and oxygen atoms in total. The molecule has 0 saturated heterocycles. The molecule has 4 heteroatoms. The smallest absolute Gasteiger partial charge is 0.141 e. The van der Waals surface area contributed by atoms with E-state index in [-0.39, 0.29) is 0 Å². The van der Waals surface area contributed by atoms with Crippen LogP contribution < -0.4 is 5.73 Å². The Morgan fingerprint density at radius 2 is 2.31 bits per heavy atom. The monoisotopic (exact) mass is 176 g/mol. The van der Waals surface area contributed by atoms with Crippen LogP contribution in [0.2, 0.25) is 0 Å². The Morgan fingerprint density at radius 3 is 3.00 bits per heavy atom. The van der Waals surface area contributed by atoms with E-state index < -0.39 is 0 Å². The van der Waals surface area contributed by atoms with E-state index in [4.69, 9.17) is 5.73 Å². The summed E-state index contributed by atoms with van der Waals surface area (Å²) in [7, 11) is 0. The Hall–Kier alpha value is -1.42. The molecular formula is C9H12N4. The second-order valence-corrected chi connectivity index (χ2v) is 2.92. The molecule has 0 unspecified atom stereocenters. The first kappa shape index (κ1) is 8.19. The Kier molecular flexibility index (Phi) is 1.98. The van der Waals surface area contributed by atoms with Crippen molar-refractivity contribution in [1.82, 2.24) is 15.0 Å². The summed E-state index contributed by atoms with van der Waals surface area (Å²) in [5.74, 6) is 0. The number of H-pyrrole nitrogens is 1. The second-order valence-electron chi connectivity index (χ2n) is 2.92. The maximum atomic E-state index is 5.61. The maximum absolute atomic E-state index is 5.61. The number of aromatic amines is 1. The van der Waals surface area contributed by atoms with Gasteiger partial charge in [-0.2, -0.15) is 0 Å². The van der Waals surface area contributed by atoms with Crippen LogP contribution in [0.5, 0.6) is 0 Å². The van der Waals surface area contributed by atoms with Gasteiger partial charge in [0, 0.05) is 18.1 Å². The Balaban J connectivity index is 2.76. The number of fused-ring (bicyclic) bond motifs is 1. The van der Waals surface area contributed by atoms with Gasteiger partial charge in [0.15, 0.2) is 0 Å². The number of aryl methyl sites for hydroxylation is 1. The molecule has 0 radical (unpaired) electrons. The molecule has 0 saturated carbocycles. The normalized spacial score (nSPS) is 10.9. The van der Waals surface area contributed by atoms with E-state index >= 15 is 0 Å². The van der Waals surface area contributed by atoms with Gasteiger partial charge in [-0.25, -0.2) is 9.97 Å². The fourth-order valence-corrected chi connectivity index (χ4v) is 1.53. The minimum atomic E-state index is 0.528. The topological polar surface area (TPSA) is 67.6 Å². The van der Waals surface area contributed by atoms with E-state index in [0.29, 0.717) is 6.54 Å². The minimum absolute atomic E-state index is 0.528. The second kappa shape index (κ2) is 3.14. The molecule has 13 heavy (non-hydrogen) atoms. The van der Waals surface area contributed by atoms with Gasteiger partial charge in [-0.05, 0) is 12.0 Å². The van der Waals surface area contributed by atoms with Crippen LogP contribution in [-0.4, -0.2) is 15.0 Å². The number of hydrogen-bond acceptors (Lipinski definition) is 3. The van der Waals surface area contributed by atoms with Crippen LogP contribution >= 0.6 is 0 Å². The Labute approximate surface area is 76.2 Å². The fourth-order valence-electron chi connectivity index (χ4n) is 1.53. The molecule has 0 bridgehead atoms. The number of aromatic nitrogens is 3. The summed E-state index contributed by atoms with van der Waals surface area (Å²) in [4.78, 5) is 11.4. The van der Waals surface area contributed by atoms with Gasteiger partial charge < -0.3 is 10.7 Å². The third kappa shape index (κ3) is 1.19. The van der Waals surface area contributed by atoms with Crippen molar-refractivity contribution >= 4 is 11.0 Å². The summed E-state index contributed by atoms with van der Waals surface area (Å²) in [6.45, 7) is 2.61. The molecule has 68 valence electrons. The van der Waals surface area contributed by atoms with Gasteiger partial charge in [-0.1, -0.05) is 6.92 Å². The molecule has 0 aromatic carbocycles. The Morgan fingerprint density at radius 1 is 1.46 bits per heavy atom. The molecule has 0 atom stereocenters. The van der Waals surface area contributed by atoms with Crippen LogP contribution in [0.4, 0.5) is 0 Å². The SMILES string of the molecule is CCc1ncnc2[nH]cc(CN)c12. The fraction of sp³-hybridized carbons (Fsp3) is 0.333. The largest absolute Gasteiger partial charge is 0.346 e. The molecule has 0 aliphatic heterocycles. The van der Waals surface area contributed by atoms with Crippen molar-refractivity contribution in [3.05, 3.63) is 23.8 Å². The van der Waals surface area contributed by atoms with Crippen LogP contribution in [0.25, 0.3) is 11.0 Å². The third-order valence-electron chi connectivity index (χ3n) is 2.18. The zero-order chi connectivity index (χ0) is 9.26. The molecule has 0 fully saturated rings. The van der Waals surface area contributed by atoms with Crippen molar-refractivity contribution in [1.29, 1.82) is 0 Å². The molecule has 2 aromatic heterocycles. The highest BCUT2D eigenvalue weighted by Crippen LogP contribution is 2.18. The van der Waals surface area contributed by atoms with E-state index in [1.807, 2.05) is 6.20 Å². The molecule has 2 aromatic rings. The zero-order valence-corrected chi connectivity index (χ0v) is 7.54. The van der Waals surface area contributed by atoms with Crippen molar-refractivity contribution in [2.75, 3.05) is 0 Å². The van der Waals surface area contributed by atoms with E-state index in [2.05, 4.69) is 21.9 Å². The zero-order valence-electron chi connectivity index (χ0n) is 7.54. The van der Waals surface area contributed by atoms with Gasteiger partial charge in [0.25, 0.3) is 0 Å². The lowest BCUT2D eigenvalue weighted by atomic mass is 10.1. The van der Waals surface area contributed by atoms with E-state index in [9.17, 15) is 0 Å². The summed E-state index contributed by atoms with van der Waals surface area (Å²) in [6.07, 6.45) is 4.39. The highest BCUT2D eigenvalue weighted by Gasteiger charge is 2.07. The molecule has 2 heterocycles. The molecule has 2 rings (SSSR count). The first-order valence-corrected chi connectivity index (χ1v) is 4.36. The lowest BCUT2D eigenvalue weighted by Gasteiger charge is -1.99. The lowest BCUT2D eigenvalue weighted by Crippen LogP contribution is -1.97. The maximum Gasteiger partial charge on any atom is 0.141 e. The van der Waals surface area contributed by atoms with Crippen LogP contribution in [0.3, 0.4) is 0 Å². The standard InChI is InChI=1S/C9H12N4/c1-2-7-8-6(3-10)4-11-9(8)13-5-12-7/h4-5H,2-3,10H2,1H3,(H,11,12,13). The predicted octanol–water partition coefficient (Wildman–Crippen LogP) is 0.979. The molecule has 3 N–H and O–H groups in total.